The molecule has 1 aromatic heterocycles. The second-order valence-corrected chi connectivity index (χ2v) is 3.65. The summed E-state index contributed by atoms with van der Waals surface area (Å²) in [6, 6.07) is 3.64. The predicted octanol–water partition coefficient (Wildman–Crippen LogP) is 2.84. The molecule has 0 saturated carbocycles. The smallest absolute Gasteiger partial charge is 0.0883 e. The Hall–Kier alpha value is -1.29. The summed E-state index contributed by atoms with van der Waals surface area (Å²) in [4.78, 5) is 3.91. The number of hydrogen-bond donors (Lipinski definition) is 0. The van der Waals surface area contributed by atoms with E-state index in [1.165, 1.54) is 0 Å². The number of methoxy groups -OCH3 is 1. The van der Waals surface area contributed by atoms with E-state index in [-0.39, 0.29) is 6.10 Å². The van der Waals surface area contributed by atoms with Gasteiger partial charge in [-0.05, 0) is 18.1 Å². The molecule has 0 aliphatic carbocycles. The molecule has 1 aromatic rings. The largest absolute Gasteiger partial charge is 0.379 e. The first-order chi connectivity index (χ1) is 7.24. The van der Waals surface area contributed by atoms with Gasteiger partial charge in [0.25, 0.3) is 0 Å². The molecule has 0 fully saturated rings. The molecule has 0 aliphatic heterocycles. The molecule has 1 unspecified atom stereocenters. The fourth-order valence-corrected chi connectivity index (χ4v) is 1.17. The zero-order valence-corrected chi connectivity index (χ0v) is 9.42. The molecular formula is C11H17N3O. The molecule has 0 aliphatic rings. The Labute approximate surface area is 90.4 Å². The van der Waals surface area contributed by atoms with Crippen LogP contribution in [0.2, 0.25) is 0 Å². The van der Waals surface area contributed by atoms with Crippen LogP contribution < -0.4 is 0 Å². The SMILES string of the molecule is COC(CN=Nc1ccncc1)C(C)C. The monoisotopic (exact) mass is 207 g/mol. The van der Waals surface area contributed by atoms with Gasteiger partial charge in [-0.2, -0.15) is 10.2 Å². The Bertz CT molecular complexity index is 298. The molecule has 0 radical (unpaired) electrons. The normalized spacial score (nSPS) is 13.6. The highest BCUT2D eigenvalue weighted by atomic mass is 16.5. The van der Waals surface area contributed by atoms with Crippen LogP contribution in [0, 0.1) is 5.92 Å². The Balaban J connectivity index is 2.46. The fraction of sp³-hybridized carbons (Fsp3) is 0.545. The van der Waals surface area contributed by atoms with Gasteiger partial charge in [-0.1, -0.05) is 13.8 Å². The average Bonchev–Trinajstić information content (AvgIpc) is 2.25. The molecule has 0 amide bonds. The number of pyridine rings is 1. The molecule has 0 saturated heterocycles. The van der Waals surface area contributed by atoms with Crippen LogP contribution in [0.15, 0.2) is 34.8 Å². The maximum absolute atomic E-state index is 5.28. The maximum atomic E-state index is 5.28. The van der Waals surface area contributed by atoms with Crippen molar-refractivity contribution in [2.45, 2.75) is 20.0 Å². The standard InChI is InChI=1S/C11H17N3O/c1-9(2)11(15-3)8-13-14-10-4-6-12-7-5-10/h4-7,9,11H,8H2,1-3H3. The minimum atomic E-state index is 0.135. The van der Waals surface area contributed by atoms with Crippen LogP contribution in [0.3, 0.4) is 0 Å². The molecule has 0 bridgehead atoms. The summed E-state index contributed by atoms with van der Waals surface area (Å²) in [7, 11) is 1.70. The zero-order chi connectivity index (χ0) is 11.1. The van der Waals surface area contributed by atoms with E-state index in [0.29, 0.717) is 12.5 Å². The summed E-state index contributed by atoms with van der Waals surface area (Å²) >= 11 is 0. The van der Waals surface area contributed by atoms with Crippen molar-refractivity contribution in [3.63, 3.8) is 0 Å². The van der Waals surface area contributed by atoms with Crippen molar-refractivity contribution in [1.82, 2.24) is 4.98 Å². The third kappa shape index (κ3) is 4.16. The molecular weight excluding hydrogens is 190 g/mol. The van der Waals surface area contributed by atoms with E-state index in [4.69, 9.17) is 4.74 Å². The number of aromatic nitrogens is 1. The summed E-state index contributed by atoms with van der Waals surface area (Å²) < 4.78 is 5.28. The van der Waals surface area contributed by atoms with Crippen molar-refractivity contribution in [1.29, 1.82) is 0 Å². The second-order valence-electron chi connectivity index (χ2n) is 3.65. The third-order valence-corrected chi connectivity index (χ3v) is 2.16. The van der Waals surface area contributed by atoms with E-state index < -0.39 is 0 Å². The first-order valence-electron chi connectivity index (χ1n) is 5.04. The van der Waals surface area contributed by atoms with Crippen LogP contribution >= 0.6 is 0 Å². The molecule has 82 valence electrons. The number of azo groups is 1. The Kier molecular flexibility index (Phi) is 4.90. The summed E-state index contributed by atoms with van der Waals surface area (Å²) in [5.74, 6) is 0.450. The molecule has 0 spiro atoms. The summed E-state index contributed by atoms with van der Waals surface area (Å²) in [5.41, 5.74) is 0.823. The van der Waals surface area contributed by atoms with Crippen LogP contribution in [0.4, 0.5) is 5.69 Å². The summed E-state index contributed by atoms with van der Waals surface area (Å²) in [6.07, 6.45) is 3.53. The van der Waals surface area contributed by atoms with Gasteiger partial charge < -0.3 is 4.74 Å². The first-order valence-corrected chi connectivity index (χ1v) is 5.04. The minimum absolute atomic E-state index is 0.135. The lowest BCUT2D eigenvalue weighted by Crippen LogP contribution is -2.21. The van der Waals surface area contributed by atoms with Gasteiger partial charge in [0.15, 0.2) is 0 Å². The minimum Gasteiger partial charge on any atom is -0.379 e. The van der Waals surface area contributed by atoms with Gasteiger partial charge in [-0.3, -0.25) is 4.98 Å². The van der Waals surface area contributed by atoms with Gasteiger partial charge in [0.2, 0.25) is 0 Å². The van der Waals surface area contributed by atoms with Gasteiger partial charge >= 0.3 is 0 Å². The van der Waals surface area contributed by atoms with Crippen molar-refractivity contribution in [3.05, 3.63) is 24.5 Å². The molecule has 0 N–H and O–H groups in total. The molecule has 0 aromatic carbocycles. The van der Waals surface area contributed by atoms with Gasteiger partial charge in [-0.25, -0.2) is 0 Å². The van der Waals surface area contributed by atoms with Gasteiger partial charge in [0.05, 0.1) is 18.3 Å². The first kappa shape index (κ1) is 11.8. The average molecular weight is 207 g/mol. The molecule has 4 heteroatoms. The highest BCUT2D eigenvalue weighted by molar-refractivity contribution is 5.32. The Morgan fingerprint density at radius 2 is 2.00 bits per heavy atom. The Morgan fingerprint density at radius 1 is 1.33 bits per heavy atom. The van der Waals surface area contributed by atoms with Crippen molar-refractivity contribution in [2.24, 2.45) is 16.1 Å². The molecule has 1 atom stereocenters. The lowest BCUT2D eigenvalue weighted by Gasteiger charge is -2.15. The summed E-state index contributed by atoms with van der Waals surface area (Å²) in [6.45, 7) is 4.81. The lowest BCUT2D eigenvalue weighted by atomic mass is 10.1. The van der Waals surface area contributed by atoms with E-state index in [9.17, 15) is 0 Å². The van der Waals surface area contributed by atoms with Gasteiger partial charge in [0, 0.05) is 19.5 Å². The molecule has 15 heavy (non-hydrogen) atoms. The van der Waals surface area contributed by atoms with E-state index in [1.54, 1.807) is 19.5 Å². The van der Waals surface area contributed by atoms with E-state index in [0.717, 1.165) is 5.69 Å². The van der Waals surface area contributed by atoms with Crippen molar-refractivity contribution in [2.75, 3.05) is 13.7 Å². The van der Waals surface area contributed by atoms with Crippen molar-refractivity contribution >= 4 is 5.69 Å². The molecule has 1 rings (SSSR count). The van der Waals surface area contributed by atoms with Crippen LogP contribution in [-0.2, 0) is 4.74 Å². The summed E-state index contributed by atoms with van der Waals surface area (Å²) in [5, 5.41) is 8.19. The Morgan fingerprint density at radius 3 is 2.53 bits per heavy atom. The topological polar surface area (TPSA) is 46.8 Å². The van der Waals surface area contributed by atoms with Crippen molar-refractivity contribution in [3.8, 4) is 0 Å². The van der Waals surface area contributed by atoms with E-state index in [1.807, 2.05) is 12.1 Å². The van der Waals surface area contributed by atoms with Crippen LogP contribution in [0.25, 0.3) is 0 Å². The van der Waals surface area contributed by atoms with Gasteiger partial charge in [-0.15, -0.1) is 0 Å². The van der Waals surface area contributed by atoms with Crippen LogP contribution in [0.1, 0.15) is 13.8 Å². The second kappa shape index (κ2) is 6.24. The molecule has 1 heterocycles. The van der Waals surface area contributed by atoms with Crippen LogP contribution in [-0.4, -0.2) is 24.7 Å². The molecule has 4 nitrogen and oxygen atoms in total. The number of hydrogen-bond acceptors (Lipinski definition) is 4. The third-order valence-electron chi connectivity index (χ3n) is 2.16. The van der Waals surface area contributed by atoms with Gasteiger partial charge in [0.1, 0.15) is 0 Å². The fourth-order valence-electron chi connectivity index (χ4n) is 1.17. The van der Waals surface area contributed by atoms with E-state index >= 15 is 0 Å². The highest BCUT2D eigenvalue weighted by Crippen LogP contribution is 2.11. The number of rotatable bonds is 5. The number of nitrogens with zero attached hydrogens (tertiary/aromatic N) is 3. The van der Waals surface area contributed by atoms with Crippen LogP contribution in [0.5, 0.6) is 0 Å². The zero-order valence-electron chi connectivity index (χ0n) is 9.42. The lowest BCUT2D eigenvalue weighted by molar-refractivity contribution is 0.0714. The van der Waals surface area contributed by atoms with Crippen molar-refractivity contribution < 1.29 is 4.74 Å². The quantitative estimate of drug-likeness (QED) is 0.697. The maximum Gasteiger partial charge on any atom is 0.0883 e. The highest BCUT2D eigenvalue weighted by Gasteiger charge is 2.10. The van der Waals surface area contributed by atoms with E-state index in [2.05, 4.69) is 29.1 Å². The number of ether oxygens (including phenoxy) is 1. The predicted molar refractivity (Wildman–Crippen MR) is 59.3 cm³/mol.